The van der Waals surface area contributed by atoms with Crippen LogP contribution in [0.3, 0.4) is 0 Å². The van der Waals surface area contributed by atoms with Crippen molar-refractivity contribution in [1.29, 1.82) is 0 Å². The van der Waals surface area contributed by atoms with Crippen molar-refractivity contribution in [3.05, 3.63) is 93.6 Å². The topological polar surface area (TPSA) is 63.7 Å². The van der Waals surface area contributed by atoms with E-state index in [2.05, 4.69) is 75.1 Å². The summed E-state index contributed by atoms with van der Waals surface area (Å²) in [6.45, 7) is 4.40. The van der Waals surface area contributed by atoms with Gasteiger partial charge in [-0.15, -0.1) is 27.5 Å². The number of fused-ring (bicyclic) bond motifs is 1. The lowest BCUT2D eigenvalue weighted by Gasteiger charge is -2.12. The lowest BCUT2D eigenvalue weighted by Crippen LogP contribution is -2.03. The summed E-state index contributed by atoms with van der Waals surface area (Å²) >= 11 is 8.33. The number of halogens is 1. The zero-order valence-electron chi connectivity index (χ0n) is 19.4. The van der Waals surface area contributed by atoms with Crippen molar-refractivity contribution in [3.8, 4) is 28.7 Å². The van der Waals surface area contributed by atoms with Crippen molar-refractivity contribution in [2.45, 2.75) is 32.8 Å². The molecule has 5 nitrogen and oxygen atoms in total. The van der Waals surface area contributed by atoms with Gasteiger partial charge in [-0.3, -0.25) is 0 Å². The maximum absolute atomic E-state index is 6.65. The molecule has 0 spiro atoms. The van der Waals surface area contributed by atoms with Gasteiger partial charge in [0.2, 0.25) is 0 Å². The van der Waals surface area contributed by atoms with Crippen molar-refractivity contribution in [3.63, 3.8) is 0 Å². The van der Waals surface area contributed by atoms with Crippen molar-refractivity contribution in [1.82, 2.24) is 20.6 Å². The second kappa shape index (κ2) is 10.3. The van der Waals surface area contributed by atoms with Crippen LogP contribution in [0, 0.1) is 18.8 Å². The highest BCUT2D eigenvalue weighted by molar-refractivity contribution is 7.18. The lowest BCUT2D eigenvalue weighted by atomic mass is 9.96. The molecule has 3 aromatic carbocycles. The van der Waals surface area contributed by atoms with E-state index in [0.29, 0.717) is 18.9 Å². The number of hydrogen-bond acceptors (Lipinski definition) is 5. The van der Waals surface area contributed by atoms with Gasteiger partial charge in [-0.2, -0.15) is 5.21 Å². The first kappa shape index (κ1) is 23.1. The Labute approximate surface area is 213 Å². The Hall–Kier alpha value is -3.66. The summed E-state index contributed by atoms with van der Waals surface area (Å²) in [6, 6.07) is 20.6. The Bertz CT molecular complexity index is 1510. The quantitative estimate of drug-likeness (QED) is 0.246. The predicted molar refractivity (Wildman–Crippen MR) is 142 cm³/mol. The summed E-state index contributed by atoms with van der Waals surface area (Å²) in [4.78, 5) is 0. The van der Waals surface area contributed by atoms with E-state index >= 15 is 0 Å². The van der Waals surface area contributed by atoms with Crippen LogP contribution in [-0.4, -0.2) is 20.6 Å². The van der Waals surface area contributed by atoms with Gasteiger partial charge in [-0.1, -0.05) is 59.1 Å². The van der Waals surface area contributed by atoms with Gasteiger partial charge in [0.15, 0.2) is 5.82 Å². The molecule has 174 valence electrons. The summed E-state index contributed by atoms with van der Waals surface area (Å²) in [5.41, 5.74) is 5.80. The number of nitrogens with one attached hydrogen (secondary N) is 1. The zero-order chi connectivity index (χ0) is 24.2. The molecule has 7 heteroatoms. The van der Waals surface area contributed by atoms with Gasteiger partial charge in [0.25, 0.3) is 0 Å². The van der Waals surface area contributed by atoms with Crippen LogP contribution in [0.15, 0.2) is 66.0 Å². The monoisotopic (exact) mass is 498 g/mol. The highest BCUT2D eigenvalue weighted by atomic mass is 35.5. The summed E-state index contributed by atoms with van der Waals surface area (Å²) < 4.78 is 7.21. The van der Waals surface area contributed by atoms with Gasteiger partial charge < -0.3 is 4.74 Å². The summed E-state index contributed by atoms with van der Waals surface area (Å²) in [5, 5.41) is 18.3. The minimum Gasteiger partial charge on any atom is -0.489 e. The molecule has 1 atom stereocenters. The number of nitrogens with zero attached hydrogens (tertiary/aromatic N) is 3. The number of aromatic nitrogens is 4. The maximum atomic E-state index is 6.65. The van der Waals surface area contributed by atoms with Crippen LogP contribution < -0.4 is 4.74 Å². The average Bonchev–Trinajstić information content (AvgIpc) is 3.54. The van der Waals surface area contributed by atoms with Crippen molar-refractivity contribution < 1.29 is 4.74 Å². The molecule has 5 rings (SSSR count). The third-order valence-corrected chi connectivity index (χ3v) is 7.35. The zero-order valence-corrected chi connectivity index (χ0v) is 21.0. The number of benzene rings is 3. The number of tetrazole rings is 1. The molecule has 1 N–H and O–H groups in total. The highest BCUT2D eigenvalue weighted by Gasteiger charge is 2.14. The van der Waals surface area contributed by atoms with E-state index in [1.165, 1.54) is 16.7 Å². The van der Waals surface area contributed by atoms with E-state index in [4.69, 9.17) is 16.3 Å². The largest absolute Gasteiger partial charge is 0.489 e. The van der Waals surface area contributed by atoms with Crippen LogP contribution in [0.4, 0.5) is 0 Å². The third kappa shape index (κ3) is 5.07. The average molecular weight is 499 g/mol. The SMILES string of the molecule is CC#CC(Cc1nn[nH]n1)c1ccc(OCc2cc(Cl)c3scc(-c4ccccc4C)c3c2)cc1. The van der Waals surface area contributed by atoms with Crippen LogP contribution in [0.5, 0.6) is 5.75 Å². The van der Waals surface area contributed by atoms with Crippen molar-refractivity contribution >= 4 is 33.0 Å². The second-order valence-corrected chi connectivity index (χ2v) is 9.54. The molecule has 0 aliphatic rings. The Morgan fingerprint density at radius 2 is 1.91 bits per heavy atom. The van der Waals surface area contributed by atoms with E-state index in [1.807, 2.05) is 37.3 Å². The van der Waals surface area contributed by atoms with Gasteiger partial charge in [-0.05, 0) is 65.7 Å². The molecule has 0 saturated carbocycles. The Kier molecular flexibility index (Phi) is 6.80. The minimum absolute atomic E-state index is 0.00804. The lowest BCUT2D eigenvalue weighted by molar-refractivity contribution is 0.306. The molecule has 1 unspecified atom stereocenters. The molecule has 2 heterocycles. The molecule has 0 fully saturated rings. The number of H-pyrrole nitrogens is 1. The molecular formula is C28H23ClN4OS. The molecule has 35 heavy (non-hydrogen) atoms. The summed E-state index contributed by atoms with van der Waals surface area (Å²) in [7, 11) is 0. The van der Waals surface area contributed by atoms with Gasteiger partial charge >= 0.3 is 0 Å². The normalized spacial score (nSPS) is 11.7. The van der Waals surface area contributed by atoms with E-state index in [1.54, 1.807) is 11.3 Å². The van der Waals surface area contributed by atoms with Crippen LogP contribution in [0.2, 0.25) is 5.02 Å². The first-order chi connectivity index (χ1) is 17.1. The van der Waals surface area contributed by atoms with Gasteiger partial charge in [0.05, 0.1) is 15.6 Å². The van der Waals surface area contributed by atoms with E-state index in [-0.39, 0.29) is 5.92 Å². The number of aromatic amines is 1. The Morgan fingerprint density at radius 3 is 2.66 bits per heavy atom. The van der Waals surface area contributed by atoms with E-state index < -0.39 is 0 Å². The molecular weight excluding hydrogens is 476 g/mol. The van der Waals surface area contributed by atoms with E-state index in [0.717, 1.165) is 32.0 Å². The smallest absolute Gasteiger partial charge is 0.176 e. The standard InChI is InChI=1S/C28H23ClN4OS/c1-3-6-21(15-27-30-32-33-31-27)20-9-11-22(12-10-20)34-16-19-13-24-25(17-35-28(24)26(29)14-19)23-8-5-4-7-18(23)2/h4-5,7-14,17,21H,15-16H2,1-2H3,(H,30,31,32,33). The summed E-state index contributed by atoms with van der Waals surface area (Å²) in [6.07, 6.45) is 0.597. The number of hydrogen-bond donors (Lipinski definition) is 1. The van der Waals surface area contributed by atoms with Crippen LogP contribution in [0.25, 0.3) is 21.2 Å². The highest BCUT2D eigenvalue weighted by Crippen LogP contribution is 2.39. The second-order valence-electron chi connectivity index (χ2n) is 8.26. The first-order valence-corrected chi connectivity index (χ1v) is 12.5. The first-order valence-electron chi connectivity index (χ1n) is 11.3. The van der Waals surface area contributed by atoms with Crippen LogP contribution in [0.1, 0.15) is 35.4 Å². The third-order valence-electron chi connectivity index (χ3n) is 5.91. The number of aryl methyl sites for hydroxylation is 1. The maximum Gasteiger partial charge on any atom is 0.176 e. The number of thiophene rings is 1. The van der Waals surface area contributed by atoms with Gasteiger partial charge in [0.1, 0.15) is 12.4 Å². The Morgan fingerprint density at radius 1 is 1.09 bits per heavy atom. The summed E-state index contributed by atoms with van der Waals surface area (Å²) in [5.74, 6) is 7.65. The molecule has 0 amide bonds. The fourth-order valence-electron chi connectivity index (χ4n) is 4.16. The molecule has 2 aromatic heterocycles. The fourth-order valence-corrected chi connectivity index (χ4v) is 5.49. The van der Waals surface area contributed by atoms with E-state index in [9.17, 15) is 0 Å². The van der Waals surface area contributed by atoms with Gasteiger partial charge in [-0.25, -0.2) is 0 Å². The number of ether oxygens (including phenoxy) is 1. The molecule has 0 bridgehead atoms. The predicted octanol–water partition coefficient (Wildman–Crippen LogP) is 6.97. The van der Waals surface area contributed by atoms with Crippen molar-refractivity contribution in [2.24, 2.45) is 0 Å². The minimum atomic E-state index is -0.00804. The van der Waals surface area contributed by atoms with Crippen molar-refractivity contribution in [2.75, 3.05) is 0 Å². The molecule has 5 aromatic rings. The number of rotatable bonds is 7. The fraction of sp³-hybridized carbons (Fsp3) is 0.179. The molecule has 0 aliphatic heterocycles. The molecule has 0 radical (unpaired) electrons. The van der Waals surface area contributed by atoms with Gasteiger partial charge in [0, 0.05) is 17.4 Å². The molecule has 0 saturated heterocycles. The van der Waals surface area contributed by atoms with Crippen LogP contribution >= 0.6 is 22.9 Å². The van der Waals surface area contributed by atoms with Crippen LogP contribution in [-0.2, 0) is 13.0 Å². The Balaban J connectivity index is 1.34. The molecule has 0 aliphatic carbocycles.